The van der Waals surface area contributed by atoms with Crippen LogP contribution in [0.5, 0.6) is 11.5 Å². The van der Waals surface area contributed by atoms with Crippen molar-refractivity contribution in [3.05, 3.63) is 53.6 Å². The molecule has 1 atom stereocenters. The molecule has 0 saturated carbocycles. The lowest BCUT2D eigenvalue weighted by Gasteiger charge is -2.18. The summed E-state index contributed by atoms with van der Waals surface area (Å²) in [7, 11) is 1.61. The van der Waals surface area contributed by atoms with Crippen LogP contribution < -0.4 is 14.8 Å². The molecule has 4 nitrogen and oxygen atoms in total. The minimum absolute atomic E-state index is 0.156. The molecule has 0 aromatic heterocycles. The first kappa shape index (κ1) is 16.9. The van der Waals surface area contributed by atoms with Gasteiger partial charge in [-0.2, -0.15) is 0 Å². The minimum Gasteiger partial charge on any atom is -0.497 e. The van der Waals surface area contributed by atoms with Gasteiger partial charge in [0.1, 0.15) is 11.5 Å². The number of nitrogens with one attached hydrogen (secondary N) is 1. The molecule has 1 N–H and O–H groups in total. The van der Waals surface area contributed by atoms with Crippen LogP contribution in [0.15, 0.2) is 42.5 Å². The lowest BCUT2D eigenvalue weighted by atomic mass is 10.1. The zero-order chi connectivity index (χ0) is 16.8. The van der Waals surface area contributed by atoms with Crippen LogP contribution in [0.4, 0.5) is 5.69 Å². The Labute approximate surface area is 137 Å². The van der Waals surface area contributed by atoms with Crippen molar-refractivity contribution in [2.45, 2.75) is 33.3 Å². The highest BCUT2D eigenvalue weighted by Gasteiger charge is 2.18. The number of aryl methyl sites for hydroxylation is 2. The summed E-state index contributed by atoms with van der Waals surface area (Å²) in [5.41, 5.74) is 2.95. The molecule has 0 aliphatic heterocycles. The van der Waals surface area contributed by atoms with Gasteiger partial charge >= 0.3 is 0 Å². The van der Waals surface area contributed by atoms with Crippen molar-refractivity contribution in [3.63, 3.8) is 0 Å². The summed E-state index contributed by atoms with van der Waals surface area (Å²) in [6.45, 7) is 5.96. The van der Waals surface area contributed by atoms with Crippen molar-refractivity contribution in [1.82, 2.24) is 0 Å². The lowest BCUT2D eigenvalue weighted by molar-refractivity contribution is -0.122. The molecular formula is C19H23NO3. The predicted octanol–water partition coefficient (Wildman–Crippen LogP) is 4.11. The van der Waals surface area contributed by atoms with Crippen LogP contribution in [-0.4, -0.2) is 19.1 Å². The Morgan fingerprint density at radius 1 is 1.04 bits per heavy atom. The zero-order valence-electron chi connectivity index (χ0n) is 14.1. The van der Waals surface area contributed by atoms with Crippen LogP contribution in [0.25, 0.3) is 0 Å². The molecule has 0 aliphatic rings. The van der Waals surface area contributed by atoms with Crippen molar-refractivity contribution < 1.29 is 14.3 Å². The summed E-state index contributed by atoms with van der Waals surface area (Å²) >= 11 is 0. The Morgan fingerprint density at radius 2 is 1.65 bits per heavy atom. The zero-order valence-corrected chi connectivity index (χ0v) is 14.1. The van der Waals surface area contributed by atoms with Crippen molar-refractivity contribution >= 4 is 11.6 Å². The molecular weight excluding hydrogens is 290 g/mol. The van der Waals surface area contributed by atoms with Gasteiger partial charge in [-0.15, -0.1) is 0 Å². The number of rotatable bonds is 6. The summed E-state index contributed by atoms with van der Waals surface area (Å²) in [5.74, 6) is 1.32. The first-order valence-electron chi connectivity index (χ1n) is 7.71. The van der Waals surface area contributed by atoms with Crippen LogP contribution in [0.2, 0.25) is 0 Å². The number of anilines is 1. The summed E-state index contributed by atoms with van der Waals surface area (Å²) < 4.78 is 11.0. The van der Waals surface area contributed by atoms with Gasteiger partial charge in [-0.05, 0) is 67.8 Å². The minimum atomic E-state index is -0.529. The number of hydrogen-bond donors (Lipinski definition) is 1. The summed E-state index contributed by atoms with van der Waals surface area (Å²) in [6, 6.07) is 13.2. The van der Waals surface area contributed by atoms with Gasteiger partial charge in [0.25, 0.3) is 5.91 Å². The number of ether oxygens (including phenoxy) is 2. The highest BCUT2D eigenvalue weighted by Crippen LogP contribution is 2.20. The molecule has 0 aliphatic carbocycles. The number of hydrogen-bond acceptors (Lipinski definition) is 3. The van der Waals surface area contributed by atoms with Gasteiger partial charge < -0.3 is 14.8 Å². The van der Waals surface area contributed by atoms with Crippen molar-refractivity contribution in [1.29, 1.82) is 0 Å². The SMILES string of the molecule is CC[C@H](Oc1cc(C)cc(C)c1)C(=O)Nc1ccc(OC)cc1. The molecule has 23 heavy (non-hydrogen) atoms. The second kappa shape index (κ2) is 7.68. The molecule has 0 heterocycles. The average Bonchev–Trinajstić information content (AvgIpc) is 2.52. The summed E-state index contributed by atoms with van der Waals surface area (Å²) in [4.78, 5) is 12.4. The van der Waals surface area contributed by atoms with Crippen LogP contribution >= 0.6 is 0 Å². The topological polar surface area (TPSA) is 47.6 Å². The van der Waals surface area contributed by atoms with Crippen LogP contribution in [0.1, 0.15) is 24.5 Å². The second-order valence-electron chi connectivity index (χ2n) is 5.56. The fraction of sp³-hybridized carbons (Fsp3) is 0.316. The Morgan fingerprint density at radius 3 is 2.17 bits per heavy atom. The van der Waals surface area contributed by atoms with Gasteiger partial charge in [-0.3, -0.25) is 4.79 Å². The first-order chi connectivity index (χ1) is 11.0. The molecule has 4 heteroatoms. The monoisotopic (exact) mass is 313 g/mol. The van der Waals surface area contributed by atoms with E-state index in [1.54, 1.807) is 31.4 Å². The van der Waals surface area contributed by atoms with Gasteiger partial charge in [0.05, 0.1) is 7.11 Å². The summed E-state index contributed by atoms with van der Waals surface area (Å²) in [6.07, 6.45) is 0.0629. The maximum Gasteiger partial charge on any atom is 0.265 e. The number of carbonyl (C=O) groups excluding carboxylic acids is 1. The summed E-state index contributed by atoms with van der Waals surface area (Å²) in [5, 5.41) is 2.87. The number of carbonyl (C=O) groups is 1. The molecule has 0 bridgehead atoms. The quantitative estimate of drug-likeness (QED) is 0.873. The van der Waals surface area contributed by atoms with E-state index in [-0.39, 0.29) is 5.91 Å². The molecule has 2 rings (SSSR count). The van der Waals surface area contributed by atoms with Crippen molar-refractivity contribution in [2.24, 2.45) is 0 Å². The van der Waals surface area contributed by atoms with E-state index >= 15 is 0 Å². The third-order valence-corrected chi connectivity index (χ3v) is 3.49. The largest absolute Gasteiger partial charge is 0.497 e. The van der Waals surface area contributed by atoms with E-state index < -0.39 is 6.10 Å². The molecule has 1 amide bonds. The first-order valence-corrected chi connectivity index (χ1v) is 7.71. The number of amides is 1. The van der Waals surface area contributed by atoms with Gasteiger partial charge in [-0.25, -0.2) is 0 Å². The maximum atomic E-state index is 12.4. The number of benzene rings is 2. The smallest absolute Gasteiger partial charge is 0.265 e. The number of methoxy groups -OCH3 is 1. The van der Waals surface area contributed by atoms with Crippen LogP contribution in [-0.2, 0) is 4.79 Å². The molecule has 0 unspecified atom stereocenters. The van der Waals surface area contributed by atoms with E-state index in [9.17, 15) is 4.79 Å². The molecule has 0 fully saturated rings. The normalized spacial score (nSPS) is 11.7. The molecule has 0 radical (unpaired) electrons. The molecule has 0 saturated heterocycles. The van der Waals surface area contributed by atoms with E-state index in [4.69, 9.17) is 9.47 Å². The van der Waals surface area contributed by atoms with E-state index in [2.05, 4.69) is 11.4 Å². The molecule has 0 spiro atoms. The Hall–Kier alpha value is -2.49. The Kier molecular flexibility index (Phi) is 5.63. The standard InChI is InChI=1S/C19H23NO3/c1-5-18(23-17-11-13(2)10-14(3)12-17)19(21)20-15-6-8-16(22-4)9-7-15/h6-12,18H,5H2,1-4H3,(H,20,21)/t18-/m0/s1. The third kappa shape index (κ3) is 4.74. The second-order valence-corrected chi connectivity index (χ2v) is 5.56. The van der Waals surface area contributed by atoms with Gasteiger partial charge in [-0.1, -0.05) is 13.0 Å². The fourth-order valence-electron chi connectivity index (χ4n) is 2.38. The van der Waals surface area contributed by atoms with E-state index in [1.165, 1.54) is 0 Å². The lowest BCUT2D eigenvalue weighted by Crippen LogP contribution is -2.32. The van der Waals surface area contributed by atoms with E-state index in [1.807, 2.05) is 32.9 Å². The molecule has 2 aromatic rings. The third-order valence-electron chi connectivity index (χ3n) is 3.49. The fourth-order valence-corrected chi connectivity index (χ4v) is 2.38. The average molecular weight is 313 g/mol. The van der Waals surface area contributed by atoms with Crippen molar-refractivity contribution in [3.8, 4) is 11.5 Å². The van der Waals surface area contributed by atoms with E-state index in [0.29, 0.717) is 6.42 Å². The van der Waals surface area contributed by atoms with Crippen LogP contribution in [0.3, 0.4) is 0 Å². The Balaban J connectivity index is 2.05. The Bertz CT molecular complexity index is 645. The molecule has 2 aromatic carbocycles. The van der Waals surface area contributed by atoms with Crippen molar-refractivity contribution in [2.75, 3.05) is 12.4 Å². The van der Waals surface area contributed by atoms with Gasteiger partial charge in [0.2, 0.25) is 0 Å². The van der Waals surface area contributed by atoms with Gasteiger partial charge in [0.15, 0.2) is 6.10 Å². The van der Waals surface area contributed by atoms with Crippen LogP contribution in [0, 0.1) is 13.8 Å². The molecule has 122 valence electrons. The maximum absolute atomic E-state index is 12.4. The van der Waals surface area contributed by atoms with Gasteiger partial charge in [0, 0.05) is 5.69 Å². The van der Waals surface area contributed by atoms with E-state index in [0.717, 1.165) is 28.3 Å². The predicted molar refractivity (Wildman–Crippen MR) is 92.2 cm³/mol. The highest BCUT2D eigenvalue weighted by atomic mass is 16.5. The highest BCUT2D eigenvalue weighted by molar-refractivity contribution is 5.94.